The Balaban J connectivity index is 1.65. The fourth-order valence-electron chi connectivity index (χ4n) is 5.00. The number of ether oxygens (including phenoxy) is 1. The van der Waals surface area contributed by atoms with Crippen LogP contribution in [0.2, 0.25) is 0 Å². The number of rotatable bonds is 7. The van der Waals surface area contributed by atoms with Crippen molar-refractivity contribution in [3.05, 3.63) is 12.2 Å². The van der Waals surface area contributed by atoms with Gasteiger partial charge < -0.3 is 14.9 Å². The summed E-state index contributed by atoms with van der Waals surface area (Å²) in [6, 6.07) is 0. The van der Waals surface area contributed by atoms with Crippen LogP contribution in [0.4, 0.5) is 0 Å². The number of unbranched alkanes of at least 4 members (excludes halogenated alkanes) is 1. The zero-order valence-corrected chi connectivity index (χ0v) is 15.5. The summed E-state index contributed by atoms with van der Waals surface area (Å²) in [6.45, 7) is 2.74. The zero-order chi connectivity index (χ0) is 17.9. The molecule has 0 amide bonds. The van der Waals surface area contributed by atoms with Crippen molar-refractivity contribution < 1.29 is 19.7 Å². The average molecular weight is 350 g/mol. The number of aliphatic hydroxyl groups excluding tert-OH is 2. The lowest BCUT2D eigenvalue weighted by molar-refractivity contribution is -0.199. The maximum absolute atomic E-state index is 12.3. The van der Waals surface area contributed by atoms with Gasteiger partial charge in [0.2, 0.25) is 0 Å². The SMILES string of the molecule is CCCCO[C@@]12CC[C@H](O)[C@@H](C=C[C@@H](O)C3CCCCC3)[C@@H]1CC2=O. The minimum Gasteiger partial charge on any atom is -0.393 e. The molecule has 3 fully saturated rings. The third kappa shape index (κ3) is 3.86. The molecule has 0 aromatic heterocycles. The molecule has 0 aromatic carbocycles. The first-order chi connectivity index (χ1) is 12.1. The first-order valence-corrected chi connectivity index (χ1v) is 10.3. The maximum Gasteiger partial charge on any atom is 0.165 e. The van der Waals surface area contributed by atoms with Crippen LogP contribution in [-0.4, -0.2) is 40.4 Å². The topological polar surface area (TPSA) is 66.8 Å². The minimum atomic E-state index is -0.667. The molecule has 0 aromatic rings. The van der Waals surface area contributed by atoms with Crippen LogP contribution >= 0.6 is 0 Å². The summed E-state index contributed by atoms with van der Waals surface area (Å²) in [5.74, 6) is 0.535. The van der Waals surface area contributed by atoms with Gasteiger partial charge in [-0.15, -0.1) is 0 Å². The highest BCUT2D eigenvalue weighted by Crippen LogP contribution is 2.52. The highest BCUT2D eigenvalue weighted by Gasteiger charge is 2.61. The molecular weight excluding hydrogens is 316 g/mol. The Hall–Kier alpha value is -0.710. The number of carbonyl (C=O) groups excluding carboxylic acids is 1. The van der Waals surface area contributed by atoms with E-state index in [0.717, 1.165) is 25.7 Å². The Kier molecular flexibility index (Phi) is 6.35. The molecule has 3 saturated carbocycles. The van der Waals surface area contributed by atoms with E-state index in [-0.39, 0.29) is 17.6 Å². The van der Waals surface area contributed by atoms with Gasteiger partial charge in [0.1, 0.15) is 5.60 Å². The second-order valence-electron chi connectivity index (χ2n) is 8.28. The fourth-order valence-corrected chi connectivity index (χ4v) is 5.00. The van der Waals surface area contributed by atoms with Crippen LogP contribution in [-0.2, 0) is 9.53 Å². The monoisotopic (exact) mass is 350 g/mol. The van der Waals surface area contributed by atoms with Gasteiger partial charge in [0.25, 0.3) is 0 Å². The number of fused-ring (bicyclic) bond motifs is 1. The summed E-state index contributed by atoms with van der Waals surface area (Å²) in [5, 5.41) is 21.0. The zero-order valence-electron chi connectivity index (χ0n) is 15.5. The second kappa shape index (κ2) is 8.32. The van der Waals surface area contributed by atoms with Crippen LogP contribution in [0.15, 0.2) is 12.2 Å². The molecule has 3 rings (SSSR count). The highest BCUT2D eigenvalue weighted by molar-refractivity contribution is 5.94. The predicted molar refractivity (Wildman–Crippen MR) is 97.2 cm³/mol. The second-order valence-corrected chi connectivity index (χ2v) is 8.28. The molecule has 0 aliphatic heterocycles. The van der Waals surface area contributed by atoms with Crippen LogP contribution in [0.25, 0.3) is 0 Å². The smallest absolute Gasteiger partial charge is 0.165 e. The Morgan fingerprint density at radius 2 is 2.04 bits per heavy atom. The van der Waals surface area contributed by atoms with E-state index < -0.39 is 17.8 Å². The van der Waals surface area contributed by atoms with Gasteiger partial charge in [-0.3, -0.25) is 4.79 Å². The van der Waals surface area contributed by atoms with Gasteiger partial charge >= 0.3 is 0 Å². The molecule has 4 heteroatoms. The van der Waals surface area contributed by atoms with Gasteiger partial charge in [-0.2, -0.15) is 0 Å². The van der Waals surface area contributed by atoms with Crippen molar-refractivity contribution in [1.29, 1.82) is 0 Å². The van der Waals surface area contributed by atoms with Crippen molar-refractivity contribution in [2.45, 2.75) is 88.9 Å². The van der Waals surface area contributed by atoms with E-state index in [9.17, 15) is 15.0 Å². The summed E-state index contributed by atoms with van der Waals surface area (Å²) in [6.07, 6.45) is 12.6. The van der Waals surface area contributed by atoms with Crippen LogP contribution < -0.4 is 0 Å². The molecule has 0 heterocycles. The van der Waals surface area contributed by atoms with Crippen LogP contribution in [0.3, 0.4) is 0 Å². The van der Waals surface area contributed by atoms with Gasteiger partial charge in [0, 0.05) is 24.9 Å². The van der Waals surface area contributed by atoms with Crippen molar-refractivity contribution in [2.24, 2.45) is 17.8 Å². The molecular formula is C21H34O4. The van der Waals surface area contributed by atoms with Crippen molar-refractivity contribution in [1.82, 2.24) is 0 Å². The molecule has 25 heavy (non-hydrogen) atoms. The van der Waals surface area contributed by atoms with Gasteiger partial charge in [-0.1, -0.05) is 44.8 Å². The number of hydrogen-bond acceptors (Lipinski definition) is 4. The number of aliphatic hydroxyl groups is 2. The molecule has 0 bridgehead atoms. The fraction of sp³-hybridized carbons (Fsp3) is 0.857. The van der Waals surface area contributed by atoms with E-state index in [2.05, 4.69) is 6.92 Å². The van der Waals surface area contributed by atoms with E-state index in [4.69, 9.17) is 4.74 Å². The van der Waals surface area contributed by atoms with Crippen molar-refractivity contribution in [3.63, 3.8) is 0 Å². The lowest BCUT2D eigenvalue weighted by Crippen LogP contribution is -2.65. The van der Waals surface area contributed by atoms with Crippen molar-refractivity contribution in [3.8, 4) is 0 Å². The Labute approximate surface area is 151 Å². The van der Waals surface area contributed by atoms with Crippen LogP contribution in [0.5, 0.6) is 0 Å². The molecule has 142 valence electrons. The first-order valence-electron chi connectivity index (χ1n) is 10.3. The Bertz CT molecular complexity index is 482. The van der Waals surface area contributed by atoms with Gasteiger partial charge in [0.15, 0.2) is 5.78 Å². The molecule has 0 saturated heterocycles. The summed E-state index contributed by atoms with van der Waals surface area (Å²) < 4.78 is 6.07. The normalized spacial score (nSPS) is 37.7. The van der Waals surface area contributed by atoms with Crippen LogP contribution in [0.1, 0.15) is 71.1 Å². The van der Waals surface area contributed by atoms with Crippen LogP contribution in [0, 0.1) is 17.8 Å². The third-order valence-electron chi connectivity index (χ3n) is 6.72. The lowest BCUT2D eigenvalue weighted by Gasteiger charge is -2.54. The van der Waals surface area contributed by atoms with Gasteiger partial charge in [0.05, 0.1) is 12.2 Å². The highest BCUT2D eigenvalue weighted by atomic mass is 16.5. The predicted octanol–water partition coefficient (Wildman–Crippen LogP) is 3.40. The van der Waals surface area contributed by atoms with E-state index in [0.29, 0.717) is 31.8 Å². The molecule has 5 atom stereocenters. The largest absolute Gasteiger partial charge is 0.393 e. The molecule has 2 N–H and O–H groups in total. The Morgan fingerprint density at radius 1 is 1.28 bits per heavy atom. The molecule has 0 radical (unpaired) electrons. The summed E-state index contributed by atoms with van der Waals surface area (Å²) >= 11 is 0. The number of carbonyl (C=O) groups is 1. The number of ketones is 1. The summed E-state index contributed by atoms with van der Waals surface area (Å²) in [4.78, 5) is 12.3. The van der Waals surface area contributed by atoms with Gasteiger partial charge in [-0.05, 0) is 38.0 Å². The van der Waals surface area contributed by atoms with E-state index in [1.54, 1.807) is 0 Å². The van der Waals surface area contributed by atoms with E-state index in [1.807, 2.05) is 12.2 Å². The van der Waals surface area contributed by atoms with Crippen molar-refractivity contribution in [2.75, 3.05) is 6.61 Å². The molecule has 3 aliphatic carbocycles. The first kappa shape index (κ1) is 19.1. The maximum atomic E-state index is 12.3. The lowest BCUT2D eigenvalue weighted by atomic mass is 9.55. The molecule has 0 unspecified atom stereocenters. The molecule has 3 aliphatic rings. The summed E-state index contributed by atoms with van der Waals surface area (Å²) in [5.41, 5.74) is -0.667. The number of Topliss-reactive ketones (excluding diaryl/α,β-unsaturated/α-hetero) is 1. The molecule has 4 nitrogen and oxygen atoms in total. The molecule has 0 spiro atoms. The van der Waals surface area contributed by atoms with Crippen molar-refractivity contribution >= 4 is 5.78 Å². The summed E-state index contributed by atoms with van der Waals surface area (Å²) in [7, 11) is 0. The third-order valence-corrected chi connectivity index (χ3v) is 6.72. The van der Waals surface area contributed by atoms with E-state index >= 15 is 0 Å². The average Bonchev–Trinajstić information content (AvgIpc) is 2.63. The minimum absolute atomic E-state index is 0.0652. The van der Waals surface area contributed by atoms with Gasteiger partial charge in [-0.25, -0.2) is 0 Å². The van der Waals surface area contributed by atoms with E-state index in [1.165, 1.54) is 19.3 Å². The number of hydrogen-bond donors (Lipinski definition) is 2. The standard InChI is InChI=1S/C21H34O4/c1-2-3-13-25-21-12-11-19(23)16(17(21)14-20(21)24)9-10-18(22)15-7-5-4-6-8-15/h9-10,15-19,22-23H,2-8,11-14H2,1H3/t16-,17-,18+,19-,21-/m0/s1. The Morgan fingerprint density at radius 3 is 2.72 bits per heavy atom. The quantitative estimate of drug-likeness (QED) is 0.545.